The summed E-state index contributed by atoms with van der Waals surface area (Å²) in [6.07, 6.45) is 3.76. The van der Waals surface area contributed by atoms with Gasteiger partial charge in [0.2, 0.25) is 15.9 Å². The van der Waals surface area contributed by atoms with Gasteiger partial charge < -0.3 is 11.1 Å². The van der Waals surface area contributed by atoms with E-state index < -0.39 is 10.0 Å². The van der Waals surface area contributed by atoms with Gasteiger partial charge in [0.15, 0.2) is 0 Å². The Morgan fingerprint density at radius 3 is 2.35 bits per heavy atom. The lowest BCUT2D eigenvalue weighted by Gasteiger charge is -2.26. The van der Waals surface area contributed by atoms with Gasteiger partial charge in [0.1, 0.15) is 0 Å². The second-order valence-corrected chi connectivity index (χ2v) is 7.41. The normalized spacial score (nSPS) is 21.3. The summed E-state index contributed by atoms with van der Waals surface area (Å²) >= 11 is 0. The molecule has 0 heterocycles. The van der Waals surface area contributed by atoms with Crippen molar-refractivity contribution in [2.75, 3.05) is 6.54 Å². The number of hydrogen-bond acceptors (Lipinski definition) is 4. The number of nitrogens with one attached hydrogen (secondary N) is 2. The predicted molar refractivity (Wildman–Crippen MR) is 91.9 cm³/mol. The minimum Gasteiger partial charge on any atom is -0.353 e. The highest BCUT2D eigenvalue weighted by molar-refractivity contribution is 7.89. The number of rotatable bonds is 6. The van der Waals surface area contributed by atoms with Crippen molar-refractivity contribution in [2.24, 2.45) is 5.73 Å². The van der Waals surface area contributed by atoms with E-state index in [0.29, 0.717) is 0 Å². The van der Waals surface area contributed by atoms with E-state index in [0.717, 1.165) is 25.7 Å². The molecular weight excluding hydrogens is 338 g/mol. The van der Waals surface area contributed by atoms with Gasteiger partial charge in [-0.1, -0.05) is 18.2 Å². The average Bonchev–Trinajstić information content (AvgIpc) is 2.50. The molecule has 0 spiro atoms. The van der Waals surface area contributed by atoms with Crippen LogP contribution >= 0.6 is 12.4 Å². The number of hydrogen-bond donors (Lipinski definition) is 3. The van der Waals surface area contributed by atoms with Crippen molar-refractivity contribution in [3.63, 3.8) is 0 Å². The smallest absolute Gasteiger partial charge is 0.240 e. The lowest BCUT2D eigenvalue weighted by atomic mass is 9.92. The van der Waals surface area contributed by atoms with Gasteiger partial charge in [0.05, 0.1) is 4.90 Å². The summed E-state index contributed by atoms with van der Waals surface area (Å²) in [7, 11) is -3.54. The van der Waals surface area contributed by atoms with E-state index in [9.17, 15) is 13.2 Å². The van der Waals surface area contributed by atoms with Crippen molar-refractivity contribution < 1.29 is 13.2 Å². The first-order valence-electron chi connectivity index (χ1n) is 7.57. The fourth-order valence-electron chi connectivity index (χ4n) is 2.55. The van der Waals surface area contributed by atoms with E-state index >= 15 is 0 Å². The van der Waals surface area contributed by atoms with Crippen LogP contribution in [0.15, 0.2) is 35.2 Å². The Bertz CT molecular complexity index is 587. The maximum atomic E-state index is 12.0. The van der Waals surface area contributed by atoms with Crippen molar-refractivity contribution in [3.05, 3.63) is 30.3 Å². The summed E-state index contributed by atoms with van der Waals surface area (Å²) in [5, 5.41) is 2.94. The summed E-state index contributed by atoms with van der Waals surface area (Å²) in [6.45, 7) is 0.0926. The molecule has 2 rings (SSSR count). The van der Waals surface area contributed by atoms with Crippen LogP contribution in [0.5, 0.6) is 0 Å². The quantitative estimate of drug-likeness (QED) is 0.707. The molecule has 1 amide bonds. The average molecular weight is 362 g/mol. The Labute approximate surface area is 143 Å². The number of carbonyl (C=O) groups excluding carboxylic acids is 1. The van der Waals surface area contributed by atoms with Crippen LogP contribution < -0.4 is 15.8 Å². The molecule has 1 aromatic carbocycles. The van der Waals surface area contributed by atoms with Gasteiger partial charge in [0.25, 0.3) is 0 Å². The molecule has 0 radical (unpaired) electrons. The van der Waals surface area contributed by atoms with Gasteiger partial charge >= 0.3 is 0 Å². The summed E-state index contributed by atoms with van der Waals surface area (Å²) < 4.78 is 26.4. The lowest BCUT2D eigenvalue weighted by molar-refractivity contribution is -0.121. The SMILES string of the molecule is Cl.NC1CCC(NC(=O)CCNS(=O)(=O)c2ccccc2)CC1. The van der Waals surface area contributed by atoms with Crippen molar-refractivity contribution in [1.29, 1.82) is 0 Å². The highest BCUT2D eigenvalue weighted by atomic mass is 35.5. The fraction of sp³-hybridized carbons (Fsp3) is 0.533. The molecule has 1 saturated carbocycles. The minimum atomic E-state index is -3.54. The molecule has 0 bridgehead atoms. The molecule has 1 fully saturated rings. The van der Waals surface area contributed by atoms with E-state index in [4.69, 9.17) is 5.73 Å². The van der Waals surface area contributed by atoms with E-state index in [2.05, 4.69) is 10.0 Å². The Kier molecular flexibility index (Phi) is 7.98. The Morgan fingerprint density at radius 1 is 1.13 bits per heavy atom. The number of halogens is 1. The zero-order valence-corrected chi connectivity index (χ0v) is 14.5. The third-order valence-corrected chi connectivity index (χ3v) is 5.31. The van der Waals surface area contributed by atoms with Gasteiger partial charge in [-0.3, -0.25) is 4.79 Å². The van der Waals surface area contributed by atoms with Gasteiger partial charge in [0, 0.05) is 25.0 Å². The van der Waals surface area contributed by atoms with Crippen molar-refractivity contribution in [2.45, 2.75) is 49.1 Å². The molecule has 1 aliphatic carbocycles. The predicted octanol–water partition coefficient (Wildman–Crippen LogP) is 1.16. The van der Waals surface area contributed by atoms with Crippen LogP contribution in [0.25, 0.3) is 0 Å². The van der Waals surface area contributed by atoms with Crippen LogP contribution in [-0.4, -0.2) is 33.0 Å². The monoisotopic (exact) mass is 361 g/mol. The Morgan fingerprint density at radius 2 is 1.74 bits per heavy atom. The Balaban J connectivity index is 0.00000264. The van der Waals surface area contributed by atoms with Crippen molar-refractivity contribution >= 4 is 28.3 Å². The third kappa shape index (κ3) is 6.47. The number of nitrogens with two attached hydrogens (primary N) is 1. The van der Waals surface area contributed by atoms with Crippen LogP contribution in [0.2, 0.25) is 0 Å². The number of carbonyl (C=O) groups is 1. The molecule has 6 nitrogen and oxygen atoms in total. The summed E-state index contributed by atoms with van der Waals surface area (Å²) in [6, 6.07) is 8.53. The zero-order valence-electron chi connectivity index (χ0n) is 12.9. The van der Waals surface area contributed by atoms with Gasteiger partial charge in [-0.15, -0.1) is 12.4 Å². The largest absolute Gasteiger partial charge is 0.353 e. The van der Waals surface area contributed by atoms with Gasteiger partial charge in [-0.05, 0) is 37.8 Å². The molecule has 0 unspecified atom stereocenters. The molecule has 1 aromatic rings. The molecule has 4 N–H and O–H groups in total. The van der Waals surface area contributed by atoms with Crippen LogP contribution in [0.4, 0.5) is 0 Å². The Hall–Kier alpha value is -1.15. The van der Waals surface area contributed by atoms with Crippen LogP contribution in [0, 0.1) is 0 Å². The highest BCUT2D eigenvalue weighted by Gasteiger charge is 2.20. The van der Waals surface area contributed by atoms with Crippen molar-refractivity contribution in [1.82, 2.24) is 10.0 Å². The van der Waals surface area contributed by atoms with Gasteiger partial charge in [-0.2, -0.15) is 0 Å². The van der Waals surface area contributed by atoms with E-state index in [1.807, 2.05) is 0 Å². The molecule has 23 heavy (non-hydrogen) atoms. The van der Waals surface area contributed by atoms with E-state index in [-0.39, 0.29) is 48.3 Å². The summed E-state index contributed by atoms with van der Waals surface area (Å²) in [5.74, 6) is -0.128. The summed E-state index contributed by atoms with van der Waals surface area (Å²) in [4.78, 5) is 12.0. The highest BCUT2D eigenvalue weighted by Crippen LogP contribution is 2.16. The van der Waals surface area contributed by atoms with Crippen molar-refractivity contribution in [3.8, 4) is 0 Å². The van der Waals surface area contributed by atoms with Crippen LogP contribution in [-0.2, 0) is 14.8 Å². The number of amides is 1. The molecule has 0 saturated heterocycles. The second kappa shape index (κ2) is 9.22. The van der Waals surface area contributed by atoms with Crippen LogP contribution in [0.1, 0.15) is 32.1 Å². The maximum Gasteiger partial charge on any atom is 0.240 e. The summed E-state index contributed by atoms with van der Waals surface area (Å²) in [5.41, 5.74) is 5.82. The third-order valence-electron chi connectivity index (χ3n) is 3.83. The van der Waals surface area contributed by atoms with Crippen LogP contribution in [0.3, 0.4) is 0 Å². The lowest BCUT2D eigenvalue weighted by Crippen LogP contribution is -2.41. The molecule has 1 aliphatic rings. The number of sulfonamides is 1. The van der Waals surface area contributed by atoms with Gasteiger partial charge in [-0.25, -0.2) is 13.1 Å². The molecule has 8 heteroatoms. The molecule has 130 valence electrons. The first-order valence-corrected chi connectivity index (χ1v) is 9.05. The zero-order chi connectivity index (χ0) is 16.0. The number of benzene rings is 1. The standard InChI is InChI=1S/C15H23N3O3S.ClH/c16-12-6-8-13(9-7-12)18-15(19)10-11-17-22(20,21)14-4-2-1-3-5-14;/h1-5,12-13,17H,6-11,16H2,(H,18,19);1H. The maximum absolute atomic E-state index is 12.0. The molecular formula is C15H24ClN3O3S. The minimum absolute atomic E-state index is 0. The van der Waals surface area contributed by atoms with E-state index in [1.54, 1.807) is 18.2 Å². The first kappa shape index (κ1) is 19.9. The fourth-order valence-corrected chi connectivity index (χ4v) is 3.60. The van der Waals surface area contributed by atoms with E-state index in [1.165, 1.54) is 12.1 Å². The second-order valence-electron chi connectivity index (χ2n) is 5.64. The molecule has 0 atom stereocenters. The topological polar surface area (TPSA) is 101 Å². The molecule has 0 aromatic heterocycles. The molecule has 0 aliphatic heterocycles. The first-order chi connectivity index (χ1) is 10.5.